The van der Waals surface area contributed by atoms with Gasteiger partial charge in [0.2, 0.25) is 0 Å². The molecule has 0 heterocycles. The zero-order valence-electron chi connectivity index (χ0n) is 54.0. The van der Waals surface area contributed by atoms with Crippen molar-refractivity contribution >= 4 is 23.1 Å². The zero-order chi connectivity index (χ0) is 60.0. The fourth-order valence-corrected chi connectivity index (χ4v) is 3.86. The molecule has 4 heteroatoms. The first kappa shape index (κ1) is 88.7. The quantitative estimate of drug-likeness (QED) is 0.117. The first-order valence-electron chi connectivity index (χ1n) is 28.6. The van der Waals surface area contributed by atoms with Gasteiger partial charge in [-0.1, -0.05) is 307 Å². The number of benzene rings is 4. The SMILES string of the molecule is CC.CC.CC.CC.CC.CC(=O)C(C)C.CC(=O)C(C)C.CC(C)C#Cc1ccccc1.CC(C)C(=O)c1ccccc1.CC(C)Cc1ccccc1.CC(C)Cc1ccccc1.CCC(C)=O.CCC(C)C. The van der Waals surface area contributed by atoms with Gasteiger partial charge in [-0.05, 0) is 74.6 Å². The Morgan fingerprint density at radius 1 is 0.392 bits per heavy atom. The van der Waals surface area contributed by atoms with Gasteiger partial charge < -0.3 is 4.79 Å². The van der Waals surface area contributed by atoms with Crippen LogP contribution in [0.3, 0.4) is 0 Å². The predicted octanol–water partition coefficient (Wildman–Crippen LogP) is 21.6. The van der Waals surface area contributed by atoms with Gasteiger partial charge in [-0.2, -0.15) is 0 Å². The van der Waals surface area contributed by atoms with Crippen LogP contribution in [-0.2, 0) is 27.2 Å². The fraction of sp³-hybridized carbons (Fsp3) is 0.571. The van der Waals surface area contributed by atoms with E-state index in [1.165, 1.54) is 30.4 Å². The van der Waals surface area contributed by atoms with Crippen LogP contribution < -0.4 is 0 Å². The number of rotatable bonds is 10. The molecule has 4 aromatic rings. The van der Waals surface area contributed by atoms with E-state index in [0.717, 1.165) is 28.9 Å². The van der Waals surface area contributed by atoms with Gasteiger partial charge in [0.15, 0.2) is 5.78 Å². The third kappa shape index (κ3) is 81.2. The van der Waals surface area contributed by atoms with Crippen LogP contribution in [0.15, 0.2) is 121 Å². The lowest BCUT2D eigenvalue weighted by Gasteiger charge is -2.02. The smallest absolute Gasteiger partial charge is 0.165 e. The van der Waals surface area contributed by atoms with Gasteiger partial charge in [0.1, 0.15) is 17.3 Å². The summed E-state index contributed by atoms with van der Waals surface area (Å²) in [6.45, 7) is 57.8. The Bertz CT molecular complexity index is 1680. The molecule has 4 rings (SSSR count). The molecule has 0 aromatic heterocycles. The van der Waals surface area contributed by atoms with Crippen molar-refractivity contribution in [1.29, 1.82) is 0 Å². The van der Waals surface area contributed by atoms with Crippen LogP contribution in [-0.4, -0.2) is 23.1 Å². The summed E-state index contributed by atoms with van der Waals surface area (Å²) in [5, 5.41) is 0. The van der Waals surface area contributed by atoms with Crippen LogP contribution in [0.5, 0.6) is 0 Å². The number of hydrogen-bond donors (Lipinski definition) is 0. The predicted molar refractivity (Wildman–Crippen MR) is 338 cm³/mol. The number of carbonyl (C=O) groups excluding carboxylic acids is 4. The van der Waals surface area contributed by atoms with Gasteiger partial charge in [0, 0.05) is 41.2 Å². The highest BCUT2D eigenvalue weighted by atomic mass is 16.1. The Hall–Kier alpha value is -4.88. The highest BCUT2D eigenvalue weighted by molar-refractivity contribution is 5.97. The lowest BCUT2D eigenvalue weighted by atomic mass is 10.0. The van der Waals surface area contributed by atoms with E-state index in [1.807, 2.05) is 178 Å². The second-order valence-electron chi connectivity index (χ2n) is 18.2. The topological polar surface area (TPSA) is 68.3 Å². The number of carbonyl (C=O) groups is 4. The minimum Gasteiger partial charge on any atom is -0.300 e. The molecule has 0 aliphatic carbocycles. The molecular weight excluding hydrogens is 905 g/mol. The van der Waals surface area contributed by atoms with Crippen LogP contribution in [0, 0.1) is 53.3 Å². The van der Waals surface area contributed by atoms with E-state index >= 15 is 0 Å². The normalized spacial score (nSPS) is 8.70. The van der Waals surface area contributed by atoms with Crippen molar-refractivity contribution in [2.45, 2.75) is 226 Å². The molecule has 0 amide bonds. The number of hydrogen-bond acceptors (Lipinski definition) is 4. The molecule has 4 nitrogen and oxygen atoms in total. The molecule has 0 spiro atoms. The second kappa shape index (κ2) is 70.2. The van der Waals surface area contributed by atoms with Crippen molar-refractivity contribution in [3.63, 3.8) is 0 Å². The summed E-state index contributed by atoms with van der Waals surface area (Å²) in [5.41, 5.74) is 4.79. The van der Waals surface area contributed by atoms with Crippen LogP contribution in [0.25, 0.3) is 0 Å². The third-order valence-corrected chi connectivity index (χ3v) is 8.78. The van der Waals surface area contributed by atoms with E-state index in [1.54, 1.807) is 20.8 Å². The Morgan fingerprint density at radius 2 is 0.635 bits per heavy atom. The molecule has 0 saturated heterocycles. The molecule has 0 fully saturated rings. The van der Waals surface area contributed by atoms with Crippen molar-refractivity contribution in [1.82, 2.24) is 0 Å². The van der Waals surface area contributed by atoms with Crippen LogP contribution >= 0.6 is 0 Å². The maximum atomic E-state index is 11.3. The largest absolute Gasteiger partial charge is 0.300 e. The maximum absolute atomic E-state index is 11.3. The Morgan fingerprint density at radius 3 is 0.824 bits per heavy atom. The van der Waals surface area contributed by atoms with E-state index < -0.39 is 0 Å². The van der Waals surface area contributed by atoms with Gasteiger partial charge in [0.25, 0.3) is 0 Å². The van der Waals surface area contributed by atoms with Gasteiger partial charge in [-0.25, -0.2) is 0 Å². The molecule has 0 aliphatic heterocycles. The van der Waals surface area contributed by atoms with E-state index in [2.05, 4.69) is 135 Å². The van der Waals surface area contributed by atoms with E-state index in [0.29, 0.717) is 12.3 Å². The highest BCUT2D eigenvalue weighted by Gasteiger charge is 2.08. The highest BCUT2D eigenvalue weighted by Crippen LogP contribution is 2.08. The third-order valence-electron chi connectivity index (χ3n) is 8.78. The van der Waals surface area contributed by atoms with Crippen LogP contribution in [0.1, 0.15) is 241 Å². The molecule has 0 aliphatic rings. The molecule has 0 unspecified atom stereocenters. The fourth-order valence-electron chi connectivity index (χ4n) is 3.86. The van der Waals surface area contributed by atoms with Crippen molar-refractivity contribution in [3.8, 4) is 11.8 Å². The minimum absolute atomic E-state index is 0.0948. The van der Waals surface area contributed by atoms with Crippen LogP contribution in [0.2, 0.25) is 0 Å². The molecule has 0 saturated carbocycles. The Labute approximate surface area is 463 Å². The first-order chi connectivity index (χ1) is 34.9. The van der Waals surface area contributed by atoms with Crippen molar-refractivity contribution in [3.05, 3.63) is 144 Å². The molecular formula is C70H122O4. The van der Waals surface area contributed by atoms with Crippen molar-refractivity contribution in [2.75, 3.05) is 0 Å². The summed E-state index contributed by atoms with van der Waals surface area (Å²) < 4.78 is 0. The molecule has 4 aromatic carbocycles. The molecule has 74 heavy (non-hydrogen) atoms. The summed E-state index contributed by atoms with van der Waals surface area (Å²) in [4.78, 5) is 41.4. The van der Waals surface area contributed by atoms with Gasteiger partial charge in [-0.3, -0.25) is 14.4 Å². The van der Waals surface area contributed by atoms with E-state index in [4.69, 9.17) is 0 Å². The zero-order valence-corrected chi connectivity index (χ0v) is 54.0. The molecule has 0 bridgehead atoms. The second-order valence-corrected chi connectivity index (χ2v) is 18.2. The molecule has 0 atom stereocenters. The van der Waals surface area contributed by atoms with E-state index in [-0.39, 0.29) is 40.9 Å². The lowest BCUT2D eigenvalue weighted by molar-refractivity contribution is -0.120. The number of ketones is 4. The summed E-state index contributed by atoms with van der Waals surface area (Å²) in [6, 6.07) is 40.7. The van der Waals surface area contributed by atoms with Gasteiger partial charge >= 0.3 is 0 Å². The first-order valence-corrected chi connectivity index (χ1v) is 28.6. The minimum atomic E-state index is 0.0948. The number of Topliss-reactive ketones (excluding diaryl/α,β-unsaturated/α-hetero) is 4. The maximum Gasteiger partial charge on any atom is 0.165 e. The standard InChI is InChI=1S/C11H12.C10H12O.2C10H14.2C5H10O.C5H12.C4H8O.5C2H6/c1-10(2)8-9-11-6-4-3-5-7-11;1-8(2)10(11)9-6-4-3-5-7-9;2*1-9(2)8-10-6-4-3-5-7-10;2*1-4(2)5(3)6;1-4-5(2)3;1-3-4(2)5;5*1-2/h3-7,10H,1-2H3;3-8H,1-2H3;2*3-7,9H,8H2,1-2H3;2*4H,1-3H3;5H,4H2,1-3H3;3H2,1-2H3;5*1-2H3. The summed E-state index contributed by atoms with van der Waals surface area (Å²) in [7, 11) is 0. The summed E-state index contributed by atoms with van der Waals surface area (Å²) in [5.74, 6) is 10.6. The van der Waals surface area contributed by atoms with Crippen molar-refractivity contribution < 1.29 is 19.2 Å². The monoisotopic (exact) mass is 1030 g/mol. The molecule has 0 radical (unpaired) electrons. The Balaban J connectivity index is -0.0000000923. The average Bonchev–Trinajstić information content (AvgIpc) is 3.40. The van der Waals surface area contributed by atoms with E-state index in [9.17, 15) is 19.2 Å². The van der Waals surface area contributed by atoms with Gasteiger partial charge in [-0.15, -0.1) is 0 Å². The summed E-state index contributed by atoms with van der Waals surface area (Å²) in [6.07, 6.45) is 4.36. The lowest BCUT2D eigenvalue weighted by Crippen LogP contribution is -2.06. The van der Waals surface area contributed by atoms with Crippen molar-refractivity contribution in [2.24, 2.45) is 41.4 Å². The average molecular weight is 1030 g/mol. The molecule has 0 N–H and O–H groups in total. The van der Waals surface area contributed by atoms with Crippen LogP contribution in [0.4, 0.5) is 0 Å². The summed E-state index contributed by atoms with van der Waals surface area (Å²) >= 11 is 0. The van der Waals surface area contributed by atoms with Gasteiger partial charge in [0.05, 0.1) is 0 Å². The molecule has 426 valence electrons. The Kier molecular flexibility index (Phi) is 84.2.